The van der Waals surface area contributed by atoms with Crippen molar-refractivity contribution >= 4 is 5.91 Å². The Morgan fingerprint density at radius 3 is 2.78 bits per heavy atom. The fraction of sp³-hybridized carbons (Fsp3) is 0.611. The number of hydrogen-bond acceptors (Lipinski definition) is 4. The maximum absolute atomic E-state index is 12.6. The van der Waals surface area contributed by atoms with Gasteiger partial charge in [-0.05, 0) is 37.9 Å². The quantitative estimate of drug-likeness (QED) is 0.870. The number of hydrogen-bond donors (Lipinski definition) is 1. The van der Waals surface area contributed by atoms with Crippen molar-refractivity contribution in [1.82, 2.24) is 9.80 Å². The van der Waals surface area contributed by atoms with Crippen molar-refractivity contribution < 1.29 is 9.53 Å². The molecule has 1 amide bonds. The molecule has 128 valence electrons. The molecule has 1 fully saturated rings. The van der Waals surface area contributed by atoms with Crippen molar-refractivity contribution in [3.8, 4) is 5.75 Å². The van der Waals surface area contributed by atoms with E-state index in [4.69, 9.17) is 10.5 Å². The normalized spacial score (nSPS) is 22.8. The molecule has 5 heteroatoms. The highest BCUT2D eigenvalue weighted by Gasteiger charge is 2.34. The van der Waals surface area contributed by atoms with Gasteiger partial charge in [0.25, 0.3) is 0 Å². The van der Waals surface area contributed by atoms with E-state index < -0.39 is 0 Å². The number of likely N-dealkylation sites (tertiary alicyclic amines) is 1. The van der Waals surface area contributed by atoms with Crippen LogP contribution in [0.15, 0.2) is 24.3 Å². The Kier molecular flexibility index (Phi) is 5.65. The number of ether oxygens (including phenoxy) is 1. The minimum absolute atomic E-state index is 0.0258. The first-order chi connectivity index (χ1) is 10.9. The van der Waals surface area contributed by atoms with Crippen molar-refractivity contribution in [2.45, 2.75) is 26.3 Å². The number of nitrogens with two attached hydrogens (primary N) is 1. The maximum atomic E-state index is 12.6. The fourth-order valence-electron chi connectivity index (χ4n) is 3.17. The highest BCUT2D eigenvalue weighted by molar-refractivity contribution is 5.78. The van der Waals surface area contributed by atoms with Gasteiger partial charge in [-0.25, -0.2) is 0 Å². The molecule has 1 aliphatic heterocycles. The van der Waals surface area contributed by atoms with Gasteiger partial charge in [-0.2, -0.15) is 0 Å². The maximum Gasteiger partial charge on any atom is 0.236 e. The number of likely N-dealkylation sites (N-methyl/N-ethyl adjacent to an activating group) is 1. The zero-order chi connectivity index (χ0) is 17.0. The number of amides is 1. The highest BCUT2D eigenvalue weighted by Crippen LogP contribution is 2.30. The summed E-state index contributed by atoms with van der Waals surface area (Å²) in [5.74, 6) is 0.946. The molecule has 0 saturated carbocycles. The van der Waals surface area contributed by atoms with Gasteiger partial charge in [0.2, 0.25) is 5.91 Å². The number of methoxy groups -OCH3 is 1. The number of para-hydroxylation sites is 1. The molecule has 23 heavy (non-hydrogen) atoms. The lowest BCUT2D eigenvalue weighted by atomic mass is 9.90. The van der Waals surface area contributed by atoms with E-state index in [0.29, 0.717) is 13.1 Å². The van der Waals surface area contributed by atoms with Gasteiger partial charge in [-0.1, -0.05) is 25.1 Å². The minimum Gasteiger partial charge on any atom is -0.496 e. The Labute approximate surface area is 139 Å². The number of carbonyl (C=O) groups excluding carboxylic acids is 1. The number of benzene rings is 1. The summed E-state index contributed by atoms with van der Waals surface area (Å²) < 4.78 is 5.41. The minimum atomic E-state index is -0.0258. The summed E-state index contributed by atoms with van der Waals surface area (Å²) in [4.78, 5) is 16.6. The number of nitrogens with zero attached hydrogens (tertiary/aromatic N) is 2. The van der Waals surface area contributed by atoms with Crippen LogP contribution in [0.3, 0.4) is 0 Å². The first kappa shape index (κ1) is 17.8. The van der Waals surface area contributed by atoms with Gasteiger partial charge < -0.3 is 15.4 Å². The van der Waals surface area contributed by atoms with E-state index in [0.717, 1.165) is 30.8 Å². The van der Waals surface area contributed by atoms with Crippen LogP contribution in [0.5, 0.6) is 5.75 Å². The molecular formula is C18H29N3O2. The van der Waals surface area contributed by atoms with Crippen molar-refractivity contribution in [1.29, 1.82) is 0 Å². The van der Waals surface area contributed by atoms with Gasteiger partial charge in [0, 0.05) is 19.2 Å². The van der Waals surface area contributed by atoms with E-state index in [1.165, 1.54) is 0 Å². The number of rotatable bonds is 6. The first-order valence-corrected chi connectivity index (χ1v) is 8.21. The summed E-state index contributed by atoms with van der Waals surface area (Å²) in [6, 6.07) is 7.82. The average molecular weight is 319 g/mol. The zero-order valence-electron chi connectivity index (χ0n) is 14.7. The molecule has 2 N–H and O–H groups in total. The Bertz CT molecular complexity index is 549. The second-order valence-corrected chi connectivity index (χ2v) is 6.90. The Morgan fingerprint density at radius 1 is 1.48 bits per heavy atom. The van der Waals surface area contributed by atoms with Crippen LogP contribution in [0.1, 0.15) is 31.9 Å². The van der Waals surface area contributed by atoms with Crippen LogP contribution in [0.4, 0.5) is 0 Å². The molecule has 2 atom stereocenters. The summed E-state index contributed by atoms with van der Waals surface area (Å²) in [6.45, 7) is 7.18. The van der Waals surface area contributed by atoms with Gasteiger partial charge in [0.05, 0.1) is 19.7 Å². The summed E-state index contributed by atoms with van der Waals surface area (Å²) >= 11 is 0. The summed E-state index contributed by atoms with van der Waals surface area (Å²) in [6.07, 6.45) is 1.06. The lowest BCUT2D eigenvalue weighted by Gasteiger charge is -2.29. The van der Waals surface area contributed by atoms with Crippen molar-refractivity contribution in [3.05, 3.63) is 29.8 Å². The second-order valence-electron chi connectivity index (χ2n) is 6.90. The molecule has 0 bridgehead atoms. The predicted octanol–water partition coefficient (Wildman–Crippen LogP) is 1.89. The molecular weight excluding hydrogens is 290 g/mol. The van der Waals surface area contributed by atoms with Crippen LogP contribution >= 0.6 is 0 Å². The van der Waals surface area contributed by atoms with E-state index >= 15 is 0 Å². The molecule has 0 spiro atoms. The Morgan fingerprint density at radius 2 is 2.17 bits per heavy atom. The monoisotopic (exact) mass is 319 g/mol. The zero-order valence-corrected chi connectivity index (χ0v) is 14.7. The van der Waals surface area contributed by atoms with E-state index in [1.54, 1.807) is 12.0 Å². The van der Waals surface area contributed by atoms with Crippen molar-refractivity contribution in [3.63, 3.8) is 0 Å². The average Bonchev–Trinajstić information content (AvgIpc) is 2.95. The fourth-order valence-corrected chi connectivity index (χ4v) is 3.17. The lowest BCUT2D eigenvalue weighted by molar-refractivity contribution is -0.132. The molecule has 1 aliphatic rings. The standard InChI is InChI=1S/C18H29N3O2/c1-14(15-7-5-6-8-16(15)23-4)20(3)17(22)11-21-10-9-18(2,12-19)13-21/h5-8,14H,9-13,19H2,1-4H3. The van der Waals surface area contributed by atoms with Gasteiger partial charge in [-0.15, -0.1) is 0 Å². The van der Waals surface area contributed by atoms with E-state index in [2.05, 4.69) is 11.8 Å². The smallest absolute Gasteiger partial charge is 0.236 e. The van der Waals surface area contributed by atoms with Gasteiger partial charge in [0.1, 0.15) is 5.75 Å². The molecule has 0 aliphatic carbocycles. The SMILES string of the molecule is COc1ccccc1C(C)N(C)C(=O)CN1CCC(C)(CN)C1. The Hall–Kier alpha value is -1.59. The summed E-state index contributed by atoms with van der Waals surface area (Å²) in [5.41, 5.74) is 7.01. The third-order valence-electron chi connectivity index (χ3n) is 5.05. The number of carbonyl (C=O) groups is 1. The van der Waals surface area contributed by atoms with E-state index in [9.17, 15) is 4.79 Å². The van der Waals surface area contributed by atoms with Crippen LogP contribution in [0, 0.1) is 5.41 Å². The van der Waals surface area contributed by atoms with Crippen molar-refractivity contribution in [2.75, 3.05) is 40.3 Å². The molecule has 2 unspecified atom stereocenters. The van der Waals surface area contributed by atoms with Gasteiger partial charge in [0.15, 0.2) is 0 Å². The van der Waals surface area contributed by atoms with Crippen LogP contribution in [-0.2, 0) is 4.79 Å². The van der Waals surface area contributed by atoms with Crippen LogP contribution in [-0.4, -0.2) is 56.0 Å². The molecule has 0 radical (unpaired) electrons. The lowest BCUT2D eigenvalue weighted by Crippen LogP contribution is -2.40. The van der Waals surface area contributed by atoms with Crippen LogP contribution in [0.2, 0.25) is 0 Å². The topological polar surface area (TPSA) is 58.8 Å². The van der Waals surface area contributed by atoms with E-state index in [1.807, 2.05) is 38.2 Å². The summed E-state index contributed by atoms with van der Waals surface area (Å²) in [7, 11) is 3.52. The molecule has 1 aromatic carbocycles. The second kappa shape index (κ2) is 7.32. The van der Waals surface area contributed by atoms with Gasteiger partial charge in [-0.3, -0.25) is 9.69 Å². The van der Waals surface area contributed by atoms with Crippen LogP contribution < -0.4 is 10.5 Å². The molecule has 1 saturated heterocycles. The van der Waals surface area contributed by atoms with Crippen molar-refractivity contribution in [2.24, 2.45) is 11.1 Å². The highest BCUT2D eigenvalue weighted by atomic mass is 16.5. The molecule has 1 aromatic rings. The predicted molar refractivity (Wildman–Crippen MR) is 92.4 cm³/mol. The molecule has 5 nitrogen and oxygen atoms in total. The third-order valence-corrected chi connectivity index (χ3v) is 5.05. The molecule has 1 heterocycles. The van der Waals surface area contributed by atoms with Crippen LogP contribution in [0.25, 0.3) is 0 Å². The Balaban J connectivity index is 1.99. The molecule has 2 rings (SSSR count). The molecule has 0 aromatic heterocycles. The first-order valence-electron chi connectivity index (χ1n) is 8.21. The third kappa shape index (κ3) is 4.03. The largest absolute Gasteiger partial charge is 0.496 e. The van der Waals surface area contributed by atoms with Gasteiger partial charge >= 0.3 is 0 Å². The van der Waals surface area contributed by atoms with E-state index in [-0.39, 0.29) is 17.4 Å². The summed E-state index contributed by atoms with van der Waals surface area (Å²) in [5, 5.41) is 0.